The van der Waals surface area contributed by atoms with Crippen molar-refractivity contribution in [1.82, 2.24) is 5.32 Å². The third-order valence-electron chi connectivity index (χ3n) is 4.99. The van der Waals surface area contributed by atoms with Crippen LogP contribution in [0.15, 0.2) is 88.2 Å². The molecule has 3 aromatic rings. The number of hydrogen-bond acceptors (Lipinski definition) is 4. The summed E-state index contributed by atoms with van der Waals surface area (Å²) in [6.45, 7) is 4.11. The van der Waals surface area contributed by atoms with Crippen molar-refractivity contribution in [3.05, 3.63) is 88.9 Å². The molecule has 0 aliphatic carbocycles. The molecule has 0 aromatic heterocycles. The highest BCUT2D eigenvalue weighted by Gasteiger charge is 2.26. The highest BCUT2D eigenvalue weighted by atomic mass is 79.9. The van der Waals surface area contributed by atoms with Gasteiger partial charge >= 0.3 is 0 Å². The van der Waals surface area contributed by atoms with E-state index >= 15 is 0 Å². The number of aryl methyl sites for hydroxylation is 1. The van der Waals surface area contributed by atoms with Crippen molar-refractivity contribution in [3.8, 4) is 5.75 Å². The third-order valence-corrected chi connectivity index (χ3v) is 7.31. The fourth-order valence-electron chi connectivity index (χ4n) is 3.36. The number of hydrogen-bond donors (Lipinski definition) is 1. The van der Waals surface area contributed by atoms with Crippen molar-refractivity contribution in [2.45, 2.75) is 37.7 Å². The van der Waals surface area contributed by atoms with E-state index in [1.165, 1.54) is 12.1 Å². The van der Waals surface area contributed by atoms with E-state index in [1.54, 1.807) is 42.5 Å². The number of benzene rings is 3. The molecule has 6 nitrogen and oxygen atoms in total. The van der Waals surface area contributed by atoms with Crippen LogP contribution in [0.3, 0.4) is 0 Å². The highest BCUT2D eigenvalue weighted by molar-refractivity contribution is 9.10. The molecule has 34 heavy (non-hydrogen) atoms. The fourth-order valence-corrected chi connectivity index (χ4v) is 5.06. The minimum absolute atomic E-state index is 0.128. The summed E-state index contributed by atoms with van der Waals surface area (Å²) in [7, 11) is -3.90. The van der Waals surface area contributed by atoms with Crippen LogP contribution in [0.1, 0.15) is 25.8 Å². The summed E-state index contributed by atoms with van der Waals surface area (Å²) < 4.78 is 34.2. The zero-order valence-electron chi connectivity index (χ0n) is 19.3. The molecule has 0 fully saturated rings. The maximum absolute atomic E-state index is 13.3. The predicted octanol–water partition coefficient (Wildman–Crippen LogP) is 5.18. The highest BCUT2D eigenvalue weighted by Crippen LogP contribution is 2.25. The van der Waals surface area contributed by atoms with Gasteiger partial charge in [0.1, 0.15) is 12.3 Å². The Morgan fingerprint density at radius 2 is 1.62 bits per heavy atom. The first-order valence-electron chi connectivity index (χ1n) is 11.1. The lowest BCUT2D eigenvalue weighted by Gasteiger charge is -2.24. The molecular formula is C26H29BrN2O4S. The van der Waals surface area contributed by atoms with Crippen LogP contribution < -0.4 is 14.4 Å². The second-order valence-electron chi connectivity index (χ2n) is 8.07. The SMILES string of the molecule is CC(C)Oc1ccc(CCCNC(=O)CN(c2ccc(Br)cc2)S(=O)(=O)c2ccccc2)cc1. The molecule has 0 bridgehead atoms. The minimum atomic E-state index is -3.90. The molecule has 3 rings (SSSR count). The van der Waals surface area contributed by atoms with Gasteiger partial charge in [-0.15, -0.1) is 0 Å². The Morgan fingerprint density at radius 3 is 2.24 bits per heavy atom. The van der Waals surface area contributed by atoms with Crippen molar-refractivity contribution in [2.75, 3.05) is 17.4 Å². The Hall–Kier alpha value is -2.84. The molecule has 180 valence electrons. The van der Waals surface area contributed by atoms with Crippen molar-refractivity contribution < 1.29 is 17.9 Å². The zero-order valence-corrected chi connectivity index (χ0v) is 21.7. The van der Waals surface area contributed by atoms with E-state index in [2.05, 4.69) is 21.2 Å². The van der Waals surface area contributed by atoms with Gasteiger partial charge in [-0.3, -0.25) is 9.10 Å². The topological polar surface area (TPSA) is 75.7 Å². The molecule has 0 radical (unpaired) electrons. The number of carbonyl (C=O) groups is 1. The normalized spacial score (nSPS) is 11.3. The molecule has 0 spiro atoms. The number of nitrogens with one attached hydrogen (secondary N) is 1. The van der Waals surface area contributed by atoms with E-state index in [-0.39, 0.29) is 23.5 Å². The fraction of sp³-hybridized carbons (Fsp3) is 0.269. The van der Waals surface area contributed by atoms with Crippen molar-refractivity contribution in [2.24, 2.45) is 0 Å². The van der Waals surface area contributed by atoms with Gasteiger partial charge in [0.15, 0.2) is 0 Å². The van der Waals surface area contributed by atoms with Gasteiger partial charge < -0.3 is 10.1 Å². The summed E-state index contributed by atoms with van der Waals surface area (Å²) in [5.74, 6) is 0.475. The molecule has 1 amide bonds. The van der Waals surface area contributed by atoms with E-state index < -0.39 is 10.0 Å². The quantitative estimate of drug-likeness (QED) is 0.337. The lowest BCUT2D eigenvalue weighted by Crippen LogP contribution is -2.41. The van der Waals surface area contributed by atoms with Crippen molar-refractivity contribution >= 4 is 37.5 Å². The molecule has 1 N–H and O–H groups in total. The Labute approximate surface area is 210 Å². The van der Waals surface area contributed by atoms with Gasteiger partial charge in [-0.1, -0.05) is 46.3 Å². The summed E-state index contributed by atoms with van der Waals surface area (Å²) in [4.78, 5) is 12.8. The number of nitrogens with zero attached hydrogens (tertiary/aromatic N) is 1. The average molecular weight is 545 g/mol. The van der Waals surface area contributed by atoms with Gasteiger partial charge in [0.2, 0.25) is 5.91 Å². The maximum atomic E-state index is 13.3. The first-order chi connectivity index (χ1) is 16.3. The van der Waals surface area contributed by atoms with Crippen LogP contribution in [-0.4, -0.2) is 33.5 Å². The van der Waals surface area contributed by atoms with E-state index in [0.29, 0.717) is 12.2 Å². The summed E-state index contributed by atoms with van der Waals surface area (Å²) in [6.07, 6.45) is 1.66. The van der Waals surface area contributed by atoms with Gasteiger partial charge in [0.05, 0.1) is 16.7 Å². The molecule has 3 aromatic carbocycles. The Bertz CT molecular complexity index is 1170. The number of anilines is 1. The monoisotopic (exact) mass is 544 g/mol. The largest absolute Gasteiger partial charge is 0.491 e. The van der Waals surface area contributed by atoms with Crippen LogP contribution in [0.5, 0.6) is 5.75 Å². The second-order valence-corrected chi connectivity index (χ2v) is 10.8. The number of halogens is 1. The number of ether oxygens (including phenoxy) is 1. The van der Waals surface area contributed by atoms with Gasteiger partial charge in [-0.25, -0.2) is 8.42 Å². The van der Waals surface area contributed by atoms with E-state index in [1.807, 2.05) is 38.1 Å². The van der Waals surface area contributed by atoms with Crippen LogP contribution in [0, 0.1) is 0 Å². The van der Waals surface area contributed by atoms with E-state index in [0.717, 1.165) is 32.9 Å². The van der Waals surface area contributed by atoms with E-state index in [4.69, 9.17) is 4.74 Å². The van der Waals surface area contributed by atoms with Gasteiger partial charge in [0, 0.05) is 11.0 Å². The molecule has 8 heteroatoms. The van der Waals surface area contributed by atoms with Crippen LogP contribution in [0.25, 0.3) is 0 Å². The first kappa shape index (κ1) is 25.8. The Morgan fingerprint density at radius 1 is 0.971 bits per heavy atom. The molecule has 0 unspecified atom stereocenters. The third kappa shape index (κ3) is 7.33. The lowest BCUT2D eigenvalue weighted by molar-refractivity contribution is -0.119. The second kappa shape index (κ2) is 12.0. The molecule has 0 saturated carbocycles. The summed E-state index contributed by atoms with van der Waals surface area (Å²) in [5, 5.41) is 2.85. The molecule has 0 atom stereocenters. The number of carbonyl (C=O) groups excluding carboxylic acids is 1. The standard InChI is InChI=1S/C26H29BrN2O4S/c1-20(2)33-24-16-10-21(11-17-24)7-6-18-28-26(30)19-29(23-14-12-22(27)13-15-23)34(31,32)25-8-4-3-5-9-25/h3-5,8-17,20H,6-7,18-19H2,1-2H3,(H,28,30). The molecule has 0 saturated heterocycles. The predicted molar refractivity (Wildman–Crippen MR) is 139 cm³/mol. The number of amides is 1. The molecule has 0 aliphatic heterocycles. The van der Waals surface area contributed by atoms with Gasteiger partial charge in [-0.2, -0.15) is 0 Å². The average Bonchev–Trinajstić information content (AvgIpc) is 2.82. The Balaban J connectivity index is 1.60. The molecule has 0 heterocycles. The smallest absolute Gasteiger partial charge is 0.264 e. The summed E-state index contributed by atoms with van der Waals surface area (Å²) in [5.41, 5.74) is 1.57. The minimum Gasteiger partial charge on any atom is -0.491 e. The van der Waals surface area contributed by atoms with Gasteiger partial charge in [-0.05, 0) is 80.8 Å². The maximum Gasteiger partial charge on any atom is 0.264 e. The molecular weight excluding hydrogens is 516 g/mol. The lowest BCUT2D eigenvalue weighted by atomic mass is 10.1. The van der Waals surface area contributed by atoms with E-state index in [9.17, 15) is 13.2 Å². The number of rotatable bonds is 11. The van der Waals surface area contributed by atoms with Crippen LogP contribution in [-0.2, 0) is 21.2 Å². The summed E-state index contributed by atoms with van der Waals surface area (Å²) in [6, 6.07) is 22.9. The zero-order chi connectivity index (χ0) is 24.6. The van der Waals surface area contributed by atoms with Gasteiger partial charge in [0.25, 0.3) is 10.0 Å². The van der Waals surface area contributed by atoms with Crippen molar-refractivity contribution in [3.63, 3.8) is 0 Å². The number of sulfonamides is 1. The van der Waals surface area contributed by atoms with Crippen LogP contribution >= 0.6 is 15.9 Å². The van der Waals surface area contributed by atoms with Crippen LogP contribution in [0.4, 0.5) is 5.69 Å². The Kier molecular flexibility index (Phi) is 9.12. The van der Waals surface area contributed by atoms with Crippen molar-refractivity contribution in [1.29, 1.82) is 0 Å². The summed E-state index contributed by atoms with van der Waals surface area (Å²) >= 11 is 3.36. The molecule has 0 aliphatic rings. The first-order valence-corrected chi connectivity index (χ1v) is 13.3. The van der Waals surface area contributed by atoms with Crippen LogP contribution in [0.2, 0.25) is 0 Å².